The average Bonchev–Trinajstić information content (AvgIpc) is 2.62. The van der Waals surface area contributed by atoms with Gasteiger partial charge in [-0.1, -0.05) is 41.0 Å². The highest BCUT2D eigenvalue weighted by Crippen LogP contribution is 2.18. The van der Waals surface area contributed by atoms with Gasteiger partial charge >= 0.3 is 5.97 Å². The molecule has 0 aliphatic heterocycles. The van der Waals surface area contributed by atoms with Crippen molar-refractivity contribution in [1.29, 1.82) is 0 Å². The second kappa shape index (κ2) is 13.0. The topological polar surface area (TPSA) is 46.5 Å². The SMILES string of the molecule is CC(C)=CCC/C(C)=C/CC/C(C)=C/COC(=O)CCc1ccc(O)c(C)c1. The zero-order valence-corrected chi connectivity index (χ0v) is 18.2. The van der Waals surface area contributed by atoms with Crippen LogP contribution in [0.4, 0.5) is 0 Å². The number of phenols is 1. The molecule has 3 heteroatoms. The third-order valence-corrected chi connectivity index (χ3v) is 4.68. The molecule has 1 aromatic carbocycles. The molecule has 0 aliphatic carbocycles. The first-order chi connectivity index (χ1) is 13.3. The van der Waals surface area contributed by atoms with E-state index in [0.717, 1.165) is 36.8 Å². The summed E-state index contributed by atoms with van der Waals surface area (Å²) >= 11 is 0. The predicted octanol–water partition coefficient (Wildman–Crippen LogP) is 6.60. The maximum atomic E-state index is 11.9. The van der Waals surface area contributed by atoms with Crippen LogP contribution in [0, 0.1) is 6.92 Å². The van der Waals surface area contributed by atoms with E-state index in [0.29, 0.717) is 19.4 Å². The van der Waals surface area contributed by atoms with Crippen LogP contribution in [0.5, 0.6) is 5.75 Å². The Morgan fingerprint density at radius 1 is 0.964 bits per heavy atom. The molecule has 0 bridgehead atoms. The highest BCUT2D eigenvalue weighted by Gasteiger charge is 2.04. The minimum absolute atomic E-state index is 0.190. The quantitative estimate of drug-likeness (QED) is 0.345. The summed E-state index contributed by atoms with van der Waals surface area (Å²) in [5, 5.41) is 9.54. The molecule has 0 unspecified atom stereocenters. The van der Waals surface area contributed by atoms with Crippen LogP contribution >= 0.6 is 0 Å². The van der Waals surface area contributed by atoms with Crippen molar-refractivity contribution in [2.75, 3.05) is 6.61 Å². The van der Waals surface area contributed by atoms with Gasteiger partial charge in [0.2, 0.25) is 0 Å². The average molecular weight is 385 g/mol. The van der Waals surface area contributed by atoms with E-state index in [4.69, 9.17) is 4.74 Å². The van der Waals surface area contributed by atoms with Crippen LogP contribution in [0.3, 0.4) is 0 Å². The highest BCUT2D eigenvalue weighted by atomic mass is 16.5. The number of benzene rings is 1. The van der Waals surface area contributed by atoms with Crippen LogP contribution in [0.25, 0.3) is 0 Å². The second-order valence-corrected chi connectivity index (χ2v) is 7.76. The Hall–Kier alpha value is -2.29. The largest absolute Gasteiger partial charge is 0.508 e. The Morgan fingerprint density at radius 2 is 1.61 bits per heavy atom. The fraction of sp³-hybridized carbons (Fsp3) is 0.480. The number of ether oxygens (including phenoxy) is 1. The van der Waals surface area contributed by atoms with Gasteiger partial charge in [-0.3, -0.25) is 4.79 Å². The molecule has 154 valence electrons. The molecule has 0 fully saturated rings. The summed E-state index contributed by atoms with van der Waals surface area (Å²) in [4.78, 5) is 11.9. The van der Waals surface area contributed by atoms with E-state index in [1.165, 1.54) is 16.7 Å². The standard InChI is InChI=1S/C25H36O3/c1-19(2)8-6-9-20(3)10-7-11-21(4)16-17-28-25(27)15-13-23-12-14-24(26)22(5)18-23/h8,10,12,14,16,18,26H,6-7,9,11,13,15,17H2,1-5H3/b20-10+,21-16+. The summed E-state index contributed by atoms with van der Waals surface area (Å²) in [6.07, 6.45) is 11.8. The van der Waals surface area contributed by atoms with Gasteiger partial charge in [-0.05, 0) is 90.0 Å². The number of esters is 1. The van der Waals surface area contributed by atoms with Gasteiger partial charge in [0.25, 0.3) is 0 Å². The molecular formula is C25H36O3. The number of aromatic hydroxyl groups is 1. The fourth-order valence-corrected chi connectivity index (χ4v) is 2.81. The molecule has 0 radical (unpaired) electrons. The molecule has 28 heavy (non-hydrogen) atoms. The predicted molar refractivity (Wildman–Crippen MR) is 118 cm³/mol. The smallest absolute Gasteiger partial charge is 0.306 e. The molecule has 0 heterocycles. The van der Waals surface area contributed by atoms with Gasteiger partial charge in [0.15, 0.2) is 0 Å². The van der Waals surface area contributed by atoms with E-state index in [2.05, 4.69) is 39.8 Å². The lowest BCUT2D eigenvalue weighted by atomic mass is 10.1. The summed E-state index contributed by atoms with van der Waals surface area (Å²) in [6.45, 7) is 10.7. The molecule has 0 atom stereocenters. The van der Waals surface area contributed by atoms with Crippen molar-refractivity contribution in [3.05, 3.63) is 64.3 Å². The van der Waals surface area contributed by atoms with E-state index in [1.54, 1.807) is 6.07 Å². The first-order valence-electron chi connectivity index (χ1n) is 10.2. The number of carbonyl (C=O) groups excluding carboxylic acids is 1. The summed E-state index contributed by atoms with van der Waals surface area (Å²) in [7, 11) is 0. The fourth-order valence-electron chi connectivity index (χ4n) is 2.81. The third-order valence-electron chi connectivity index (χ3n) is 4.68. The Balaban J connectivity index is 2.24. The summed E-state index contributed by atoms with van der Waals surface area (Å²) in [5.41, 5.74) is 5.91. The zero-order valence-electron chi connectivity index (χ0n) is 18.2. The molecule has 3 nitrogen and oxygen atoms in total. The lowest BCUT2D eigenvalue weighted by Crippen LogP contribution is -2.06. The van der Waals surface area contributed by atoms with Gasteiger partial charge in [0, 0.05) is 6.42 Å². The monoisotopic (exact) mass is 384 g/mol. The van der Waals surface area contributed by atoms with E-state index in [9.17, 15) is 9.90 Å². The van der Waals surface area contributed by atoms with Gasteiger partial charge in [0.1, 0.15) is 12.4 Å². The number of phenolic OH excluding ortho intramolecular Hbond substituents is 1. The van der Waals surface area contributed by atoms with Crippen molar-refractivity contribution in [1.82, 2.24) is 0 Å². The summed E-state index contributed by atoms with van der Waals surface area (Å²) in [5.74, 6) is 0.0923. The summed E-state index contributed by atoms with van der Waals surface area (Å²) in [6, 6.07) is 5.41. The van der Waals surface area contributed by atoms with Gasteiger partial charge in [-0.25, -0.2) is 0 Å². The van der Waals surface area contributed by atoms with E-state index < -0.39 is 0 Å². The Labute approximate surface area is 170 Å². The molecule has 0 spiro atoms. The van der Waals surface area contributed by atoms with Crippen LogP contribution in [-0.4, -0.2) is 17.7 Å². The van der Waals surface area contributed by atoms with Gasteiger partial charge in [-0.2, -0.15) is 0 Å². The molecular weight excluding hydrogens is 348 g/mol. The molecule has 0 aromatic heterocycles. The first-order valence-corrected chi connectivity index (χ1v) is 10.2. The minimum Gasteiger partial charge on any atom is -0.508 e. The molecule has 1 rings (SSSR count). The van der Waals surface area contributed by atoms with Crippen molar-refractivity contribution >= 4 is 5.97 Å². The molecule has 0 saturated carbocycles. The molecule has 0 amide bonds. The maximum Gasteiger partial charge on any atom is 0.306 e. The second-order valence-electron chi connectivity index (χ2n) is 7.76. The van der Waals surface area contributed by atoms with Gasteiger partial charge in [-0.15, -0.1) is 0 Å². The zero-order chi connectivity index (χ0) is 20.9. The van der Waals surface area contributed by atoms with Gasteiger partial charge in [0.05, 0.1) is 0 Å². The van der Waals surface area contributed by atoms with Crippen LogP contribution in [-0.2, 0) is 16.0 Å². The number of carbonyl (C=O) groups is 1. The highest BCUT2D eigenvalue weighted by molar-refractivity contribution is 5.69. The summed E-state index contributed by atoms with van der Waals surface area (Å²) < 4.78 is 5.30. The Morgan fingerprint density at radius 3 is 2.25 bits per heavy atom. The van der Waals surface area contributed by atoms with Crippen molar-refractivity contribution in [2.45, 2.75) is 73.1 Å². The lowest BCUT2D eigenvalue weighted by Gasteiger charge is -2.05. The number of hydrogen-bond acceptors (Lipinski definition) is 3. The number of allylic oxidation sites excluding steroid dienone is 5. The van der Waals surface area contributed by atoms with Gasteiger partial charge < -0.3 is 9.84 Å². The van der Waals surface area contributed by atoms with Crippen molar-refractivity contribution in [3.8, 4) is 5.75 Å². The molecule has 0 saturated heterocycles. The molecule has 0 aliphatic rings. The van der Waals surface area contributed by atoms with E-state index >= 15 is 0 Å². The van der Waals surface area contributed by atoms with E-state index in [-0.39, 0.29) is 11.7 Å². The van der Waals surface area contributed by atoms with Crippen LogP contribution in [0.2, 0.25) is 0 Å². The number of aryl methyl sites for hydroxylation is 2. The van der Waals surface area contributed by atoms with Crippen LogP contribution < -0.4 is 0 Å². The normalized spacial score (nSPS) is 12.0. The maximum absolute atomic E-state index is 11.9. The van der Waals surface area contributed by atoms with Crippen molar-refractivity contribution in [2.24, 2.45) is 0 Å². The Bertz CT molecular complexity index is 719. The van der Waals surface area contributed by atoms with E-state index in [1.807, 2.05) is 25.1 Å². The van der Waals surface area contributed by atoms with Crippen molar-refractivity contribution < 1.29 is 14.6 Å². The van der Waals surface area contributed by atoms with Crippen LogP contribution in [0.15, 0.2) is 53.1 Å². The number of hydrogen-bond donors (Lipinski definition) is 1. The number of rotatable bonds is 11. The van der Waals surface area contributed by atoms with Crippen molar-refractivity contribution in [3.63, 3.8) is 0 Å². The third kappa shape index (κ3) is 10.8. The Kier molecular flexibility index (Phi) is 11.0. The lowest BCUT2D eigenvalue weighted by molar-refractivity contribution is -0.142. The minimum atomic E-state index is -0.190. The molecule has 1 aromatic rings. The molecule has 1 N–H and O–H groups in total. The van der Waals surface area contributed by atoms with Crippen LogP contribution in [0.1, 0.15) is 70.9 Å². The first kappa shape index (κ1) is 23.7.